The van der Waals surface area contributed by atoms with E-state index in [1.807, 2.05) is 0 Å². The molecule has 0 saturated heterocycles. The molecule has 8 heteroatoms. The first-order valence-electron chi connectivity index (χ1n) is 7.14. The highest BCUT2D eigenvalue weighted by Crippen LogP contribution is 2.20. The topological polar surface area (TPSA) is 88.7 Å². The highest BCUT2D eigenvalue weighted by Gasteiger charge is 2.11. The molecule has 0 fully saturated rings. The van der Waals surface area contributed by atoms with Crippen molar-refractivity contribution in [2.24, 2.45) is 0 Å². The van der Waals surface area contributed by atoms with Gasteiger partial charge in [0, 0.05) is 33.0 Å². The predicted octanol–water partition coefficient (Wildman–Crippen LogP) is 0.891. The largest absolute Gasteiger partial charge is 0.383 e. The van der Waals surface area contributed by atoms with E-state index in [0.717, 1.165) is 0 Å². The van der Waals surface area contributed by atoms with Gasteiger partial charge in [-0.15, -0.1) is 0 Å². The maximum atomic E-state index is 11.9. The number of amides is 2. The quantitative estimate of drug-likeness (QED) is 0.549. The molecule has 0 unspecified atom stereocenters. The van der Waals surface area contributed by atoms with Gasteiger partial charge in [0.05, 0.1) is 30.3 Å². The van der Waals surface area contributed by atoms with E-state index in [0.29, 0.717) is 37.6 Å². The normalized spacial score (nSPS) is 10.4. The summed E-state index contributed by atoms with van der Waals surface area (Å²) < 4.78 is 9.73. The standard InChI is InChI=1S/C15H22ClN3O4/c1-22-7-5-17-10-14(20)19-11-3-4-12(13(16)9-11)15(21)18-6-8-23-2/h3-4,9,17H,5-8,10H2,1-2H3,(H,18,21)(H,19,20). The molecule has 0 aromatic heterocycles. The Bertz CT molecular complexity index is 525. The minimum absolute atomic E-state index is 0.167. The summed E-state index contributed by atoms with van der Waals surface area (Å²) in [6.45, 7) is 2.11. The third-order valence-corrected chi connectivity index (χ3v) is 3.17. The first kappa shape index (κ1) is 19.4. The van der Waals surface area contributed by atoms with Crippen LogP contribution in [0.15, 0.2) is 18.2 Å². The van der Waals surface area contributed by atoms with Gasteiger partial charge in [0.2, 0.25) is 5.91 Å². The molecule has 0 aliphatic carbocycles. The van der Waals surface area contributed by atoms with Crippen molar-refractivity contribution in [2.45, 2.75) is 0 Å². The second kappa shape index (κ2) is 11.0. The van der Waals surface area contributed by atoms with Crippen LogP contribution in [0.4, 0.5) is 5.69 Å². The molecule has 128 valence electrons. The fourth-order valence-electron chi connectivity index (χ4n) is 1.72. The Hall–Kier alpha value is -1.67. The van der Waals surface area contributed by atoms with Gasteiger partial charge < -0.3 is 25.4 Å². The van der Waals surface area contributed by atoms with Gasteiger partial charge in [-0.2, -0.15) is 0 Å². The summed E-state index contributed by atoms with van der Waals surface area (Å²) in [6, 6.07) is 4.74. The van der Waals surface area contributed by atoms with Gasteiger partial charge in [-0.05, 0) is 18.2 Å². The van der Waals surface area contributed by atoms with Gasteiger partial charge in [0.15, 0.2) is 0 Å². The van der Waals surface area contributed by atoms with Crippen molar-refractivity contribution < 1.29 is 19.1 Å². The van der Waals surface area contributed by atoms with E-state index < -0.39 is 0 Å². The van der Waals surface area contributed by atoms with E-state index in [4.69, 9.17) is 21.1 Å². The molecule has 2 amide bonds. The van der Waals surface area contributed by atoms with Crippen molar-refractivity contribution in [3.63, 3.8) is 0 Å². The zero-order chi connectivity index (χ0) is 17.1. The van der Waals surface area contributed by atoms with Crippen LogP contribution in [-0.4, -0.2) is 58.9 Å². The number of carbonyl (C=O) groups is 2. The predicted molar refractivity (Wildman–Crippen MR) is 89.0 cm³/mol. The van der Waals surface area contributed by atoms with Crippen LogP contribution in [0.25, 0.3) is 0 Å². The van der Waals surface area contributed by atoms with E-state index in [1.165, 1.54) is 0 Å². The average Bonchev–Trinajstić information content (AvgIpc) is 2.52. The summed E-state index contributed by atoms with van der Waals surface area (Å²) in [5, 5.41) is 8.58. The van der Waals surface area contributed by atoms with Gasteiger partial charge in [-0.25, -0.2) is 0 Å². The number of halogens is 1. The van der Waals surface area contributed by atoms with E-state index >= 15 is 0 Å². The van der Waals surface area contributed by atoms with Crippen LogP contribution >= 0.6 is 11.6 Å². The Morgan fingerprint density at radius 1 is 1.13 bits per heavy atom. The van der Waals surface area contributed by atoms with Gasteiger partial charge in [-0.3, -0.25) is 9.59 Å². The molecule has 0 atom stereocenters. The lowest BCUT2D eigenvalue weighted by Crippen LogP contribution is -2.30. The minimum Gasteiger partial charge on any atom is -0.383 e. The maximum absolute atomic E-state index is 11.9. The highest BCUT2D eigenvalue weighted by molar-refractivity contribution is 6.34. The number of hydrogen-bond donors (Lipinski definition) is 3. The second-order valence-corrected chi connectivity index (χ2v) is 5.07. The Morgan fingerprint density at radius 2 is 1.83 bits per heavy atom. The zero-order valence-corrected chi connectivity index (χ0v) is 14.0. The number of carbonyl (C=O) groups excluding carboxylic acids is 2. The number of methoxy groups -OCH3 is 2. The molecule has 7 nitrogen and oxygen atoms in total. The summed E-state index contributed by atoms with van der Waals surface area (Å²) >= 11 is 6.09. The van der Waals surface area contributed by atoms with Crippen LogP contribution in [0.2, 0.25) is 5.02 Å². The lowest BCUT2D eigenvalue weighted by atomic mass is 10.2. The molecular formula is C15H22ClN3O4. The Labute approximate surface area is 140 Å². The van der Waals surface area contributed by atoms with E-state index in [1.54, 1.807) is 32.4 Å². The van der Waals surface area contributed by atoms with E-state index in [2.05, 4.69) is 16.0 Å². The summed E-state index contributed by atoms with van der Waals surface area (Å²) in [7, 11) is 3.15. The van der Waals surface area contributed by atoms with Gasteiger partial charge >= 0.3 is 0 Å². The number of ether oxygens (including phenoxy) is 2. The molecular weight excluding hydrogens is 322 g/mol. The Kier molecular flexibility index (Phi) is 9.23. The van der Waals surface area contributed by atoms with Crippen molar-refractivity contribution in [1.82, 2.24) is 10.6 Å². The molecule has 23 heavy (non-hydrogen) atoms. The number of benzene rings is 1. The van der Waals surface area contributed by atoms with Crippen molar-refractivity contribution in [1.29, 1.82) is 0 Å². The number of anilines is 1. The van der Waals surface area contributed by atoms with Crippen LogP contribution < -0.4 is 16.0 Å². The molecule has 0 aliphatic rings. The number of rotatable bonds is 10. The van der Waals surface area contributed by atoms with Crippen LogP contribution in [0.3, 0.4) is 0 Å². The summed E-state index contributed by atoms with van der Waals surface area (Å²) in [5.41, 5.74) is 0.876. The first-order chi connectivity index (χ1) is 11.1. The van der Waals surface area contributed by atoms with E-state index in [-0.39, 0.29) is 23.4 Å². The van der Waals surface area contributed by atoms with E-state index in [9.17, 15) is 9.59 Å². The van der Waals surface area contributed by atoms with Crippen LogP contribution in [0.5, 0.6) is 0 Å². The first-order valence-corrected chi connectivity index (χ1v) is 7.52. The molecule has 0 heterocycles. The Morgan fingerprint density at radius 3 is 2.48 bits per heavy atom. The lowest BCUT2D eigenvalue weighted by molar-refractivity contribution is -0.115. The molecule has 1 aromatic carbocycles. The molecule has 1 aromatic rings. The molecule has 0 saturated carbocycles. The average molecular weight is 344 g/mol. The molecule has 0 spiro atoms. The lowest BCUT2D eigenvalue weighted by Gasteiger charge is -2.10. The zero-order valence-electron chi connectivity index (χ0n) is 13.3. The summed E-state index contributed by atoms with van der Waals surface area (Å²) in [6.07, 6.45) is 0. The van der Waals surface area contributed by atoms with Crippen molar-refractivity contribution >= 4 is 29.1 Å². The third-order valence-electron chi connectivity index (χ3n) is 2.86. The van der Waals surface area contributed by atoms with Gasteiger partial charge in [0.1, 0.15) is 0 Å². The second-order valence-electron chi connectivity index (χ2n) is 4.66. The smallest absolute Gasteiger partial charge is 0.252 e. The summed E-state index contributed by atoms with van der Waals surface area (Å²) in [5.74, 6) is -0.486. The van der Waals surface area contributed by atoms with Crippen molar-refractivity contribution in [2.75, 3.05) is 52.4 Å². The molecule has 1 rings (SSSR count). The van der Waals surface area contributed by atoms with Gasteiger partial charge in [-0.1, -0.05) is 11.6 Å². The number of hydrogen-bond acceptors (Lipinski definition) is 5. The molecule has 0 bridgehead atoms. The maximum Gasteiger partial charge on any atom is 0.252 e. The van der Waals surface area contributed by atoms with Crippen molar-refractivity contribution in [3.8, 4) is 0 Å². The van der Waals surface area contributed by atoms with Crippen molar-refractivity contribution in [3.05, 3.63) is 28.8 Å². The SMILES string of the molecule is COCCNCC(=O)Nc1ccc(C(=O)NCCOC)c(Cl)c1. The van der Waals surface area contributed by atoms with Gasteiger partial charge in [0.25, 0.3) is 5.91 Å². The van der Waals surface area contributed by atoms with Crippen LogP contribution in [-0.2, 0) is 14.3 Å². The fraction of sp³-hybridized carbons (Fsp3) is 0.467. The molecule has 0 aliphatic heterocycles. The highest BCUT2D eigenvalue weighted by atomic mass is 35.5. The monoisotopic (exact) mass is 343 g/mol. The summed E-state index contributed by atoms with van der Waals surface area (Å²) in [4.78, 5) is 23.6. The molecule has 3 N–H and O–H groups in total. The third kappa shape index (κ3) is 7.43. The van der Waals surface area contributed by atoms with Crippen LogP contribution in [0.1, 0.15) is 10.4 Å². The minimum atomic E-state index is -0.286. The molecule has 0 radical (unpaired) electrons. The van der Waals surface area contributed by atoms with Crippen LogP contribution in [0, 0.1) is 0 Å². The Balaban J connectivity index is 2.51. The number of nitrogens with one attached hydrogen (secondary N) is 3. The fourth-order valence-corrected chi connectivity index (χ4v) is 1.99.